The van der Waals surface area contributed by atoms with Gasteiger partial charge < -0.3 is 4.57 Å². The second-order valence-corrected chi connectivity index (χ2v) is 11.5. The zero-order chi connectivity index (χ0) is 31.3. The predicted octanol–water partition coefficient (Wildman–Crippen LogP) is 6.35. The molecule has 3 aromatic carbocycles. The smallest absolute Gasteiger partial charge is 0.301 e. The van der Waals surface area contributed by atoms with Gasteiger partial charge in [-0.3, -0.25) is 4.79 Å². The molecule has 0 N–H and O–H groups in total. The number of aryl methyl sites for hydroxylation is 1. The summed E-state index contributed by atoms with van der Waals surface area (Å²) in [6, 6.07) is 13.2. The molecule has 0 fully saturated rings. The van der Waals surface area contributed by atoms with E-state index in [-0.39, 0.29) is 39.6 Å². The van der Waals surface area contributed by atoms with Crippen LogP contribution >= 0.6 is 0 Å². The lowest BCUT2D eigenvalue weighted by atomic mass is 9.98. The van der Waals surface area contributed by atoms with E-state index in [4.69, 9.17) is 0 Å². The molecule has 222 valence electrons. The molecule has 43 heavy (non-hydrogen) atoms. The third kappa shape index (κ3) is 5.67. The number of rotatable bonds is 6. The molecule has 0 aliphatic heterocycles. The highest BCUT2D eigenvalue weighted by atomic mass is 32.2. The summed E-state index contributed by atoms with van der Waals surface area (Å²) in [6.45, 7) is 1.31. The lowest BCUT2D eigenvalue weighted by Gasteiger charge is -2.18. The minimum Gasteiger partial charge on any atom is -0.301 e. The van der Waals surface area contributed by atoms with Gasteiger partial charge in [0.2, 0.25) is 0 Å². The van der Waals surface area contributed by atoms with Crippen LogP contribution in [0.3, 0.4) is 0 Å². The Morgan fingerprint density at radius 1 is 0.860 bits per heavy atom. The van der Waals surface area contributed by atoms with Gasteiger partial charge in [-0.25, -0.2) is 18.1 Å². The molecule has 5 rings (SSSR count). The van der Waals surface area contributed by atoms with Crippen LogP contribution in [0.4, 0.5) is 26.3 Å². The average molecular weight is 620 g/mol. The number of hydrogen-bond acceptors (Lipinski definition) is 6. The third-order valence-corrected chi connectivity index (χ3v) is 7.68. The first-order valence-corrected chi connectivity index (χ1v) is 14.1. The van der Waals surface area contributed by atoms with Gasteiger partial charge in [0.15, 0.2) is 21.8 Å². The second-order valence-electron chi connectivity index (χ2n) is 9.46. The quantitative estimate of drug-likeness (QED) is 0.162. The second kappa shape index (κ2) is 10.5. The van der Waals surface area contributed by atoms with Crippen LogP contribution < -0.4 is 0 Å². The molecule has 0 amide bonds. The number of nitrogens with zero attached hydrogens (tertiary/aromatic N) is 5. The summed E-state index contributed by atoms with van der Waals surface area (Å²) in [5.74, 6) is -0.0914. The molecule has 0 unspecified atom stereocenters. The SMILES string of the molecule is Cc1nc(C(F)(F)F)cn1-c1ccc(-c2cccc(S(C)(=O)=O)c2)cc1-n1nncc1-c1c(C=O)cccc1C(F)(F)F. The Bertz CT molecular complexity index is 1980. The van der Waals surface area contributed by atoms with Crippen molar-refractivity contribution in [1.82, 2.24) is 24.5 Å². The van der Waals surface area contributed by atoms with Crippen molar-refractivity contribution in [3.8, 4) is 33.8 Å². The molecule has 0 saturated heterocycles. The number of imidazole rings is 1. The van der Waals surface area contributed by atoms with Crippen molar-refractivity contribution in [2.24, 2.45) is 0 Å². The molecule has 0 aliphatic rings. The number of carbonyl (C=O) groups is 1. The van der Waals surface area contributed by atoms with Crippen LogP contribution in [0, 0.1) is 6.92 Å². The van der Waals surface area contributed by atoms with Crippen molar-refractivity contribution in [3.05, 3.63) is 95.7 Å². The molecule has 0 spiro atoms. The highest BCUT2D eigenvalue weighted by molar-refractivity contribution is 7.90. The lowest BCUT2D eigenvalue weighted by molar-refractivity contribution is -0.141. The van der Waals surface area contributed by atoms with Crippen molar-refractivity contribution in [2.75, 3.05) is 6.26 Å². The summed E-state index contributed by atoms with van der Waals surface area (Å²) < 4.78 is 109. The predicted molar refractivity (Wildman–Crippen MR) is 143 cm³/mol. The van der Waals surface area contributed by atoms with E-state index in [1.807, 2.05) is 0 Å². The number of halogens is 6. The molecular weight excluding hydrogens is 600 g/mol. The van der Waals surface area contributed by atoms with Crippen LogP contribution in [0.15, 0.2) is 78.0 Å². The molecule has 15 heteroatoms. The van der Waals surface area contributed by atoms with Crippen LogP contribution in [-0.4, -0.2) is 45.5 Å². The Morgan fingerprint density at radius 2 is 1.56 bits per heavy atom. The largest absolute Gasteiger partial charge is 0.434 e. The maximum absolute atomic E-state index is 14.1. The van der Waals surface area contributed by atoms with Gasteiger partial charge in [0.05, 0.1) is 33.7 Å². The van der Waals surface area contributed by atoms with Gasteiger partial charge in [-0.15, -0.1) is 5.10 Å². The van der Waals surface area contributed by atoms with E-state index in [0.29, 0.717) is 11.1 Å². The molecule has 5 aromatic rings. The fourth-order valence-corrected chi connectivity index (χ4v) is 5.28. The Kier molecular flexibility index (Phi) is 7.24. The van der Waals surface area contributed by atoms with E-state index < -0.39 is 39.0 Å². The van der Waals surface area contributed by atoms with Crippen molar-refractivity contribution in [3.63, 3.8) is 0 Å². The number of carbonyl (C=O) groups excluding carboxylic acids is 1. The zero-order valence-corrected chi connectivity index (χ0v) is 23.0. The van der Waals surface area contributed by atoms with E-state index in [1.54, 1.807) is 6.07 Å². The van der Waals surface area contributed by atoms with Crippen molar-refractivity contribution < 1.29 is 39.6 Å². The molecular formula is C28H19F6N5O3S. The molecule has 0 atom stereocenters. The fourth-order valence-electron chi connectivity index (χ4n) is 4.61. The van der Waals surface area contributed by atoms with Crippen LogP contribution in [-0.2, 0) is 22.2 Å². The highest BCUT2D eigenvalue weighted by Gasteiger charge is 2.37. The molecule has 0 saturated carbocycles. The van der Waals surface area contributed by atoms with E-state index in [1.165, 1.54) is 49.4 Å². The summed E-state index contributed by atoms with van der Waals surface area (Å²) in [4.78, 5) is 15.4. The molecule has 0 aliphatic carbocycles. The first-order chi connectivity index (χ1) is 20.1. The summed E-state index contributed by atoms with van der Waals surface area (Å²) in [7, 11) is -3.61. The Morgan fingerprint density at radius 3 is 2.19 bits per heavy atom. The van der Waals surface area contributed by atoms with Gasteiger partial charge in [-0.1, -0.05) is 35.5 Å². The number of alkyl halides is 6. The molecule has 2 aromatic heterocycles. The van der Waals surface area contributed by atoms with Crippen LogP contribution in [0.25, 0.3) is 33.8 Å². The minimum atomic E-state index is -4.89. The van der Waals surface area contributed by atoms with Gasteiger partial charge in [-0.05, 0) is 48.4 Å². The van der Waals surface area contributed by atoms with Gasteiger partial charge in [0.1, 0.15) is 5.82 Å². The number of sulfone groups is 1. The molecule has 2 heterocycles. The maximum Gasteiger partial charge on any atom is 0.434 e. The van der Waals surface area contributed by atoms with Crippen LogP contribution in [0.5, 0.6) is 0 Å². The van der Waals surface area contributed by atoms with E-state index in [2.05, 4.69) is 15.3 Å². The Hall–Kier alpha value is -4.79. The van der Waals surface area contributed by atoms with Crippen LogP contribution in [0.1, 0.15) is 27.4 Å². The number of aromatic nitrogens is 5. The van der Waals surface area contributed by atoms with Crippen LogP contribution in [0.2, 0.25) is 0 Å². The summed E-state index contributed by atoms with van der Waals surface area (Å²) in [5.41, 5.74) is -2.74. The fraction of sp³-hybridized carbons (Fsp3) is 0.143. The maximum atomic E-state index is 14.1. The summed E-state index contributed by atoms with van der Waals surface area (Å²) >= 11 is 0. The van der Waals surface area contributed by atoms with E-state index in [9.17, 15) is 39.6 Å². The topological polar surface area (TPSA) is 99.7 Å². The average Bonchev–Trinajstić information content (AvgIpc) is 3.58. The highest BCUT2D eigenvalue weighted by Crippen LogP contribution is 2.40. The number of benzene rings is 3. The molecule has 8 nitrogen and oxygen atoms in total. The molecule has 0 radical (unpaired) electrons. The number of hydrogen-bond donors (Lipinski definition) is 0. The van der Waals surface area contributed by atoms with Crippen molar-refractivity contribution >= 4 is 16.1 Å². The normalized spacial score (nSPS) is 12.5. The van der Waals surface area contributed by atoms with Gasteiger partial charge in [0.25, 0.3) is 0 Å². The van der Waals surface area contributed by atoms with Gasteiger partial charge >= 0.3 is 12.4 Å². The standard InChI is InChI=1S/C28H19F6N5O3S/c1-16-36-25(28(32,33)34)14-38(16)22-10-9-18(17-5-3-7-20(11-17)43(2,41)42)12-23(22)39-24(13-35-37-39)26-19(15-40)6-4-8-21(26)27(29,30)31/h3-15H,1-2H3. The van der Waals surface area contributed by atoms with Gasteiger partial charge in [0, 0.05) is 23.6 Å². The van der Waals surface area contributed by atoms with Crippen molar-refractivity contribution in [1.29, 1.82) is 0 Å². The van der Waals surface area contributed by atoms with E-state index in [0.717, 1.165) is 40.0 Å². The third-order valence-electron chi connectivity index (χ3n) is 6.57. The Balaban J connectivity index is 1.82. The monoisotopic (exact) mass is 619 g/mol. The number of aldehydes is 1. The summed E-state index contributed by atoms with van der Waals surface area (Å²) in [6.07, 6.45) is -6.68. The first kappa shape index (κ1) is 29.7. The van der Waals surface area contributed by atoms with Gasteiger partial charge in [-0.2, -0.15) is 26.3 Å². The Labute approximate surface area is 240 Å². The first-order valence-electron chi connectivity index (χ1n) is 12.2. The minimum absolute atomic E-state index is 0.00734. The summed E-state index contributed by atoms with van der Waals surface area (Å²) in [5, 5.41) is 7.73. The van der Waals surface area contributed by atoms with E-state index >= 15 is 0 Å². The van der Waals surface area contributed by atoms with Crippen molar-refractivity contribution in [2.45, 2.75) is 24.2 Å². The zero-order valence-electron chi connectivity index (χ0n) is 22.1. The lowest BCUT2D eigenvalue weighted by Crippen LogP contribution is -2.12. The molecule has 0 bridgehead atoms.